The van der Waals surface area contributed by atoms with Crippen LogP contribution in [0.2, 0.25) is 18.1 Å². The number of aliphatic hydroxyl groups is 1. The number of aliphatic hydroxyl groups excluding tert-OH is 1. The molecule has 0 aromatic rings. The van der Waals surface area contributed by atoms with Gasteiger partial charge in [-0.05, 0) is 55.7 Å². The smallest absolute Gasteiger partial charge is 0.193 e. The molecule has 4 rings (SSSR count). The van der Waals surface area contributed by atoms with Crippen molar-refractivity contribution in [3.63, 3.8) is 0 Å². The zero-order valence-corrected chi connectivity index (χ0v) is 20.0. The molecule has 4 fully saturated rings. The molecule has 0 aromatic heterocycles. The van der Waals surface area contributed by atoms with Crippen molar-refractivity contribution in [3.8, 4) is 11.8 Å². The van der Waals surface area contributed by atoms with E-state index in [0.717, 1.165) is 19.3 Å². The van der Waals surface area contributed by atoms with Gasteiger partial charge in [-0.2, -0.15) is 0 Å². The van der Waals surface area contributed by atoms with Crippen LogP contribution >= 0.6 is 0 Å². The van der Waals surface area contributed by atoms with Crippen LogP contribution in [0.5, 0.6) is 0 Å². The van der Waals surface area contributed by atoms with Crippen molar-refractivity contribution in [1.29, 1.82) is 0 Å². The maximum Gasteiger partial charge on any atom is 0.193 e. The Kier molecular flexibility index (Phi) is 5.98. The van der Waals surface area contributed by atoms with Gasteiger partial charge in [0.2, 0.25) is 0 Å². The number of rotatable bonds is 3. The van der Waals surface area contributed by atoms with Gasteiger partial charge in [-0.3, -0.25) is 0 Å². The third-order valence-corrected chi connectivity index (χ3v) is 12.9. The Balaban J connectivity index is 1.51. The molecule has 1 spiro atoms. The summed E-state index contributed by atoms with van der Waals surface area (Å²) >= 11 is 0. The van der Waals surface area contributed by atoms with Crippen LogP contribution in [0, 0.1) is 35.5 Å². The molecule has 3 aliphatic carbocycles. The van der Waals surface area contributed by atoms with Crippen LogP contribution in [0.15, 0.2) is 0 Å². The van der Waals surface area contributed by atoms with Gasteiger partial charge in [0.05, 0.1) is 19.3 Å². The highest BCUT2D eigenvalue weighted by atomic mass is 28.4. The SMILES string of the molecule is CC(C)(C)[Si](C)(C)O[C@@H](C#C[C@@H]1[C@H]2CC3(OCCO3)[C@H]2CC[C@H]1O)C1CCCC1. The molecule has 1 N–H and O–H groups in total. The van der Waals surface area contributed by atoms with E-state index in [1.807, 2.05) is 0 Å². The standard InChI is InChI=1S/C24H40O4Si/c1-23(2,3)29(4,5)28-22(17-8-6-7-9-17)13-10-18-19-16-24(26-14-15-27-24)20(19)11-12-21(18)25/h17-22,25H,6-9,11-12,14-16H2,1-5H3/t18-,19-,20+,21-,22+/m1/s1. The summed E-state index contributed by atoms with van der Waals surface area (Å²) in [4.78, 5) is 0. The predicted molar refractivity (Wildman–Crippen MR) is 117 cm³/mol. The lowest BCUT2D eigenvalue weighted by molar-refractivity contribution is -0.296. The highest BCUT2D eigenvalue weighted by molar-refractivity contribution is 6.74. The van der Waals surface area contributed by atoms with E-state index in [4.69, 9.17) is 13.9 Å². The Morgan fingerprint density at radius 2 is 1.72 bits per heavy atom. The minimum atomic E-state index is -1.89. The van der Waals surface area contributed by atoms with Crippen molar-refractivity contribution in [2.75, 3.05) is 13.2 Å². The monoisotopic (exact) mass is 420 g/mol. The number of fused-ring (bicyclic) bond motifs is 2. The van der Waals surface area contributed by atoms with Gasteiger partial charge >= 0.3 is 0 Å². The molecule has 1 heterocycles. The Morgan fingerprint density at radius 3 is 2.34 bits per heavy atom. The average molecular weight is 421 g/mol. The van der Waals surface area contributed by atoms with Gasteiger partial charge in [0, 0.05) is 18.3 Å². The van der Waals surface area contributed by atoms with Crippen molar-refractivity contribution >= 4 is 8.32 Å². The lowest BCUT2D eigenvalue weighted by Gasteiger charge is -2.56. The summed E-state index contributed by atoms with van der Waals surface area (Å²) in [6.45, 7) is 12.9. The van der Waals surface area contributed by atoms with Gasteiger partial charge in [0.25, 0.3) is 0 Å². The van der Waals surface area contributed by atoms with Crippen molar-refractivity contribution < 1.29 is 19.0 Å². The molecule has 4 aliphatic rings. The molecule has 1 aliphatic heterocycles. The highest BCUT2D eigenvalue weighted by Gasteiger charge is 2.62. The van der Waals surface area contributed by atoms with Crippen LogP contribution in [0.3, 0.4) is 0 Å². The second-order valence-corrected chi connectivity index (χ2v) is 16.0. The van der Waals surface area contributed by atoms with E-state index in [1.54, 1.807) is 0 Å². The molecular formula is C24H40O4Si. The predicted octanol–water partition coefficient (Wildman–Crippen LogP) is 4.72. The maximum atomic E-state index is 10.7. The van der Waals surface area contributed by atoms with Crippen LogP contribution in [-0.4, -0.2) is 44.6 Å². The van der Waals surface area contributed by atoms with Gasteiger partial charge in [0.1, 0.15) is 6.10 Å². The molecule has 164 valence electrons. The fourth-order valence-corrected chi connectivity index (χ4v) is 6.84. The number of hydrogen-bond donors (Lipinski definition) is 1. The lowest BCUT2D eigenvalue weighted by Crippen LogP contribution is -2.60. The third kappa shape index (κ3) is 4.08. The largest absolute Gasteiger partial charge is 0.403 e. The highest BCUT2D eigenvalue weighted by Crippen LogP contribution is 2.57. The first-order chi connectivity index (χ1) is 13.6. The Labute approximate surface area is 178 Å². The van der Waals surface area contributed by atoms with Crippen molar-refractivity contribution in [2.24, 2.45) is 23.7 Å². The Morgan fingerprint density at radius 1 is 1.07 bits per heavy atom. The molecule has 0 amide bonds. The summed E-state index contributed by atoms with van der Waals surface area (Å²) < 4.78 is 18.8. The molecule has 4 nitrogen and oxygen atoms in total. The molecule has 1 saturated heterocycles. The van der Waals surface area contributed by atoms with E-state index in [9.17, 15) is 5.11 Å². The van der Waals surface area contributed by atoms with Gasteiger partial charge in [0.15, 0.2) is 14.1 Å². The summed E-state index contributed by atoms with van der Waals surface area (Å²) in [5.41, 5.74) is 0. The summed E-state index contributed by atoms with van der Waals surface area (Å²) in [6.07, 6.45) is 7.36. The maximum absolute atomic E-state index is 10.7. The molecule has 0 radical (unpaired) electrons. The third-order valence-electron chi connectivity index (χ3n) is 8.48. The topological polar surface area (TPSA) is 47.9 Å². The first-order valence-electron chi connectivity index (χ1n) is 11.8. The van der Waals surface area contributed by atoms with Crippen LogP contribution < -0.4 is 0 Å². The van der Waals surface area contributed by atoms with E-state index in [2.05, 4.69) is 45.7 Å². The van der Waals surface area contributed by atoms with Gasteiger partial charge < -0.3 is 19.0 Å². The molecule has 0 unspecified atom stereocenters. The lowest BCUT2D eigenvalue weighted by atomic mass is 9.56. The Hall–Kier alpha value is -0.383. The van der Waals surface area contributed by atoms with E-state index in [1.165, 1.54) is 25.7 Å². The quantitative estimate of drug-likeness (QED) is 0.530. The number of hydrogen-bond acceptors (Lipinski definition) is 4. The van der Waals surface area contributed by atoms with E-state index in [0.29, 0.717) is 31.0 Å². The second-order valence-electron chi connectivity index (χ2n) is 11.3. The van der Waals surface area contributed by atoms with Crippen molar-refractivity contribution in [3.05, 3.63) is 0 Å². The molecule has 5 atom stereocenters. The molecule has 0 aromatic carbocycles. The summed E-state index contributed by atoms with van der Waals surface area (Å²) in [7, 11) is -1.89. The zero-order chi connectivity index (χ0) is 20.9. The zero-order valence-electron chi connectivity index (χ0n) is 19.0. The van der Waals surface area contributed by atoms with Gasteiger partial charge in [-0.1, -0.05) is 45.5 Å². The van der Waals surface area contributed by atoms with Crippen LogP contribution in [0.1, 0.15) is 65.7 Å². The molecule has 3 saturated carbocycles. The molecule has 0 bridgehead atoms. The van der Waals surface area contributed by atoms with Crippen LogP contribution in [0.25, 0.3) is 0 Å². The Bertz CT molecular complexity index is 646. The fraction of sp³-hybridized carbons (Fsp3) is 0.917. The molecular weight excluding hydrogens is 380 g/mol. The minimum absolute atomic E-state index is 0.0129. The summed E-state index contributed by atoms with van der Waals surface area (Å²) in [6, 6.07) is 0. The van der Waals surface area contributed by atoms with E-state index >= 15 is 0 Å². The minimum Gasteiger partial charge on any atom is -0.403 e. The van der Waals surface area contributed by atoms with Gasteiger partial charge in [-0.25, -0.2) is 0 Å². The van der Waals surface area contributed by atoms with Crippen LogP contribution in [0.4, 0.5) is 0 Å². The second kappa shape index (κ2) is 7.95. The van der Waals surface area contributed by atoms with E-state index in [-0.39, 0.29) is 29.0 Å². The summed E-state index contributed by atoms with van der Waals surface area (Å²) in [5, 5.41) is 10.9. The van der Waals surface area contributed by atoms with Crippen molar-refractivity contribution in [1.82, 2.24) is 0 Å². The first-order valence-corrected chi connectivity index (χ1v) is 14.7. The van der Waals surface area contributed by atoms with Gasteiger partial charge in [-0.15, -0.1) is 0 Å². The molecule has 29 heavy (non-hydrogen) atoms. The fourth-order valence-electron chi connectivity index (χ4n) is 5.60. The first kappa shape index (κ1) is 21.8. The molecule has 5 heteroatoms. The normalized spacial score (nSPS) is 35.7. The van der Waals surface area contributed by atoms with Crippen LogP contribution in [-0.2, 0) is 13.9 Å². The summed E-state index contributed by atoms with van der Waals surface area (Å²) in [5.74, 6) is 8.10. The average Bonchev–Trinajstić information content (AvgIpc) is 3.31. The number of ether oxygens (including phenoxy) is 2. The van der Waals surface area contributed by atoms with E-state index < -0.39 is 8.32 Å². The van der Waals surface area contributed by atoms with Crippen molar-refractivity contribution in [2.45, 2.75) is 102 Å².